The van der Waals surface area contributed by atoms with Gasteiger partial charge in [-0.15, -0.1) is 11.3 Å². The molecule has 12 nitrogen and oxygen atoms in total. The molecule has 5 atom stereocenters. The molecule has 0 saturated heterocycles. The van der Waals surface area contributed by atoms with E-state index in [1.165, 1.54) is 22.8 Å². The summed E-state index contributed by atoms with van der Waals surface area (Å²) in [4.78, 5) is 61.7. The van der Waals surface area contributed by atoms with Crippen molar-refractivity contribution in [2.45, 2.75) is 78.2 Å². The lowest BCUT2D eigenvalue weighted by Crippen LogP contribution is -2.66. The summed E-state index contributed by atoms with van der Waals surface area (Å²) >= 11 is 5.31. The Hall–Kier alpha value is -3.66. The first-order valence-electron chi connectivity index (χ1n) is 17.0. The van der Waals surface area contributed by atoms with Crippen molar-refractivity contribution < 1.29 is 41.8 Å². The van der Waals surface area contributed by atoms with Crippen LogP contribution in [0.2, 0.25) is 0 Å². The molecule has 5 N–H and O–H groups in total. The van der Waals surface area contributed by atoms with E-state index in [0.717, 1.165) is 11.6 Å². The molecule has 0 unspecified atom stereocenters. The molecule has 0 radical (unpaired) electrons. The molecular formula is C36H39F3I2N6O6S. The molecule has 54 heavy (non-hydrogen) atoms. The summed E-state index contributed by atoms with van der Waals surface area (Å²) in [6, 6.07) is 8.54. The van der Waals surface area contributed by atoms with Crippen molar-refractivity contribution >= 4 is 91.2 Å². The van der Waals surface area contributed by atoms with Crippen LogP contribution in [-0.2, 0) is 39.9 Å². The molecule has 0 fully saturated rings. The topological polar surface area (TPSA) is 164 Å². The molecule has 2 aromatic carbocycles. The lowest BCUT2D eigenvalue weighted by Gasteiger charge is -2.39. The summed E-state index contributed by atoms with van der Waals surface area (Å²) in [7, 11) is 1.55. The molecule has 1 aliphatic carbocycles. The highest BCUT2D eigenvalue weighted by molar-refractivity contribution is 14.1. The van der Waals surface area contributed by atoms with Crippen LogP contribution < -0.4 is 26.0 Å². The van der Waals surface area contributed by atoms with Crippen LogP contribution in [0.4, 0.5) is 18.0 Å². The number of para-hydroxylation sites is 1. The lowest BCUT2D eigenvalue weighted by atomic mass is 9.78. The van der Waals surface area contributed by atoms with Gasteiger partial charge in [0.15, 0.2) is 5.69 Å². The number of rotatable bonds is 13. The van der Waals surface area contributed by atoms with Crippen LogP contribution in [0.1, 0.15) is 71.1 Å². The summed E-state index contributed by atoms with van der Waals surface area (Å²) in [5, 5.41) is 13.7. The van der Waals surface area contributed by atoms with Crippen molar-refractivity contribution in [1.29, 1.82) is 0 Å². The Morgan fingerprint density at radius 2 is 1.78 bits per heavy atom. The second-order valence-corrected chi connectivity index (χ2v) is 17.6. The van der Waals surface area contributed by atoms with Gasteiger partial charge in [-0.05, 0) is 49.1 Å². The van der Waals surface area contributed by atoms with Gasteiger partial charge in [-0.1, -0.05) is 83.3 Å². The fraction of sp³-hybridized carbons (Fsp3) is 0.417. The molecule has 4 aromatic rings. The van der Waals surface area contributed by atoms with Gasteiger partial charge in [-0.25, -0.2) is 14.6 Å². The van der Waals surface area contributed by atoms with Crippen LogP contribution in [0.3, 0.4) is 0 Å². The molecule has 5 rings (SSSR count). The largest absolute Gasteiger partial charge is 0.497 e. The maximum Gasteiger partial charge on any atom is 0.418 e. The minimum Gasteiger partial charge on any atom is -0.497 e. The van der Waals surface area contributed by atoms with Crippen molar-refractivity contribution in [2.24, 2.45) is 0 Å². The molecule has 1 aliphatic rings. The number of nitrogens with one attached hydrogen (secondary N) is 5. The van der Waals surface area contributed by atoms with Crippen molar-refractivity contribution in [1.82, 2.24) is 31.2 Å². The fourth-order valence-electron chi connectivity index (χ4n) is 6.27. The molecule has 2 heterocycles. The minimum atomic E-state index is -4.63. The summed E-state index contributed by atoms with van der Waals surface area (Å²) < 4.78 is 51.7. The van der Waals surface area contributed by atoms with Crippen LogP contribution in [0, 0.1) is 0 Å². The number of carbonyl (C=O) groups is 4. The average Bonchev–Trinajstić information content (AvgIpc) is 3.76. The molecule has 4 amide bonds. The van der Waals surface area contributed by atoms with Gasteiger partial charge in [0.1, 0.15) is 22.3 Å². The van der Waals surface area contributed by atoms with E-state index in [0.29, 0.717) is 27.4 Å². The number of aryl methyl sites for hydroxylation is 1. The Kier molecular flexibility index (Phi) is 13.4. The number of fused-ring (bicyclic) bond motifs is 3. The molecular weight excluding hydrogens is 955 g/mol. The third-order valence-electron chi connectivity index (χ3n) is 9.07. The normalized spacial score (nSPS) is 17.7. The number of benzene rings is 2. The maximum absolute atomic E-state index is 14.7. The smallest absolute Gasteiger partial charge is 0.418 e. The van der Waals surface area contributed by atoms with E-state index >= 15 is 0 Å². The van der Waals surface area contributed by atoms with Crippen LogP contribution in [0.25, 0.3) is 10.9 Å². The Labute approximate surface area is 340 Å². The number of amides is 4. The van der Waals surface area contributed by atoms with Crippen molar-refractivity contribution in [3.63, 3.8) is 0 Å². The van der Waals surface area contributed by atoms with Gasteiger partial charge in [-0.3, -0.25) is 9.59 Å². The maximum atomic E-state index is 14.7. The number of thiazole rings is 1. The zero-order valence-corrected chi connectivity index (χ0v) is 34.8. The summed E-state index contributed by atoms with van der Waals surface area (Å²) in [5.41, 5.74) is -0.690. The number of urea groups is 1. The monoisotopic (exact) mass is 994 g/mol. The van der Waals surface area contributed by atoms with Gasteiger partial charge in [0.05, 0.1) is 30.8 Å². The molecule has 2 aromatic heterocycles. The highest BCUT2D eigenvalue weighted by atomic mass is 127. The number of esters is 1. The number of methoxy groups -OCH3 is 1. The van der Waals surface area contributed by atoms with Crippen LogP contribution in [0.5, 0.6) is 5.75 Å². The van der Waals surface area contributed by atoms with Crippen molar-refractivity contribution in [2.75, 3.05) is 13.7 Å². The van der Waals surface area contributed by atoms with E-state index in [-0.39, 0.29) is 47.5 Å². The van der Waals surface area contributed by atoms with Gasteiger partial charge in [0.2, 0.25) is 11.8 Å². The predicted octanol–water partition coefficient (Wildman–Crippen LogP) is 6.54. The van der Waals surface area contributed by atoms with Gasteiger partial charge < -0.3 is 35.7 Å². The number of aromatic amines is 1. The molecule has 18 heteroatoms. The molecule has 0 aliphatic heterocycles. The first kappa shape index (κ1) is 41.5. The van der Waals surface area contributed by atoms with Crippen molar-refractivity contribution in [3.05, 3.63) is 80.9 Å². The quantitative estimate of drug-likeness (QED) is 0.0577. The number of H-pyrrole nitrogens is 1. The zero-order chi connectivity index (χ0) is 39.4. The number of ether oxygens (including phenoxy) is 2. The number of hydrogen-bond donors (Lipinski definition) is 5. The molecule has 290 valence electrons. The van der Waals surface area contributed by atoms with Crippen LogP contribution >= 0.6 is 56.5 Å². The van der Waals surface area contributed by atoms with Gasteiger partial charge >= 0.3 is 18.2 Å². The Balaban J connectivity index is 1.45. The highest BCUT2D eigenvalue weighted by Gasteiger charge is 2.47. The number of aromatic nitrogens is 2. The minimum absolute atomic E-state index is 0.0338. The van der Waals surface area contributed by atoms with E-state index < -0.39 is 57.1 Å². The third kappa shape index (κ3) is 9.40. The first-order chi connectivity index (χ1) is 25.6. The molecule has 0 spiro atoms. The Bertz CT molecular complexity index is 2000. The Morgan fingerprint density at radius 1 is 1.06 bits per heavy atom. The number of halogens is 5. The van der Waals surface area contributed by atoms with Crippen molar-refractivity contribution in [3.8, 4) is 5.75 Å². The second-order valence-electron chi connectivity index (χ2n) is 12.8. The summed E-state index contributed by atoms with van der Waals surface area (Å²) in [5.74, 6) is -1.18. The van der Waals surface area contributed by atoms with E-state index in [1.54, 1.807) is 51.3 Å². The first-order valence-corrected chi connectivity index (χ1v) is 20.3. The lowest BCUT2D eigenvalue weighted by molar-refractivity contribution is -0.136. The molecule has 0 bridgehead atoms. The summed E-state index contributed by atoms with van der Waals surface area (Å²) in [6.07, 6.45) is -4.59. The highest BCUT2D eigenvalue weighted by Crippen LogP contribution is 2.40. The van der Waals surface area contributed by atoms with Crippen LogP contribution in [0.15, 0.2) is 47.8 Å². The number of nitrogens with zero attached hydrogens (tertiary/aromatic N) is 1. The van der Waals surface area contributed by atoms with E-state index in [4.69, 9.17) is 9.47 Å². The Morgan fingerprint density at radius 3 is 2.41 bits per heavy atom. The predicted molar refractivity (Wildman–Crippen MR) is 214 cm³/mol. The van der Waals surface area contributed by atoms with Gasteiger partial charge in [-0.2, -0.15) is 13.2 Å². The van der Waals surface area contributed by atoms with E-state index in [2.05, 4.69) is 53.8 Å². The number of hydrogen-bond acceptors (Lipinski definition) is 8. The second kappa shape index (κ2) is 17.4. The van der Waals surface area contributed by atoms with Crippen LogP contribution in [-0.4, -0.2) is 66.9 Å². The van der Waals surface area contributed by atoms with Gasteiger partial charge in [0, 0.05) is 37.3 Å². The van der Waals surface area contributed by atoms with Gasteiger partial charge in [0.25, 0.3) is 0 Å². The number of carbonyl (C=O) groups excluding carboxylic acids is 4. The summed E-state index contributed by atoms with van der Waals surface area (Å²) in [6.45, 7) is 5.58. The SMILES string of the molecule is CCOC(=O)c1csc([C@@H](NC(=O)[C@@]2(NC(=O)[C@@H](NC(=O)NCc3ccc(OC)cc3)[C@@H](C)I)CCc3[nH]c4c(C(F)(F)F)cccc4c3C2)[C@@H](C)I)n1. The third-order valence-corrected chi connectivity index (χ3v) is 11.4. The average molecular weight is 995 g/mol. The fourth-order valence-corrected chi connectivity index (χ4v) is 8.48. The van der Waals surface area contributed by atoms with E-state index in [9.17, 15) is 32.3 Å². The zero-order valence-electron chi connectivity index (χ0n) is 29.7. The van der Waals surface area contributed by atoms with E-state index in [1.807, 2.05) is 29.5 Å². The standard InChI is InChI=1S/C36H39F3I2N6O6S/c1-5-53-32(49)26-17-54-31(44-26)28(19(3)41)45-33(50)35(14-13-25-23(15-35)22-7-6-8-24(29(22)43-25)36(37,38)39)47-30(48)27(18(2)40)46-34(51)42-16-20-9-11-21(52-4)12-10-20/h6-12,17-19,27-28,43H,5,13-16H2,1-4H3,(H,45,50)(H,47,48)(H2,42,46,51)/t18-,19-,27+,28+,35-/m1/s1. The molecule has 0 saturated carbocycles. The number of alkyl halides is 5.